The predicted octanol–water partition coefficient (Wildman–Crippen LogP) is 2.95. The van der Waals surface area contributed by atoms with E-state index in [4.69, 9.17) is 5.73 Å². The number of hydrogen-bond acceptors (Lipinski definition) is 4. The van der Waals surface area contributed by atoms with Gasteiger partial charge in [0.1, 0.15) is 0 Å². The van der Waals surface area contributed by atoms with Gasteiger partial charge in [-0.3, -0.25) is 0 Å². The molecule has 4 N–H and O–H groups in total. The highest BCUT2D eigenvalue weighted by Gasteiger charge is 2.04. The Morgan fingerprint density at radius 1 is 1.15 bits per heavy atom. The second kappa shape index (κ2) is 4.77. The third-order valence-electron chi connectivity index (χ3n) is 3.13. The molecule has 0 aliphatic heterocycles. The third kappa shape index (κ3) is 2.38. The second-order valence-electron chi connectivity index (χ2n) is 4.93. The molecule has 0 radical (unpaired) electrons. The Morgan fingerprint density at radius 3 is 2.80 bits per heavy atom. The summed E-state index contributed by atoms with van der Waals surface area (Å²) in [5, 5.41) is 3.27. The van der Waals surface area contributed by atoms with Crippen LogP contribution in [0.5, 0.6) is 0 Å². The topological polar surface area (TPSA) is 70.0 Å². The van der Waals surface area contributed by atoms with Gasteiger partial charge in [0.05, 0.1) is 11.0 Å². The fourth-order valence-corrected chi connectivity index (χ4v) is 2.08. The third-order valence-corrected chi connectivity index (χ3v) is 3.13. The Balaban J connectivity index is 1.90. The molecule has 0 aliphatic rings. The zero-order chi connectivity index (χ0) is 14.1. The van der Waals surface area contributed by atoms with E-state index in [0.29, 0.717) is 5.95 Å². The molecule has 0 fully saturated rings. The average molecular weight is 267 g/mol. The molecule has 0 unspecified atom stereocenters. The van der Waals surface area contributed by atoms with Crippen LogP contribution in [0.25, 0.3) is 11.0 Å². The molecule has 0 saturated heterocycles. The van der Waals surface area contributed by atoms with Gasteiger partial charge in [-0.2, -0.15) is 0 Å². The lowest BCUT2D eigenvalue weighted by Crippen LogP contribution is -2.08. The summed E-state index contributed by atoms with van der Waals surface area (Å²) in [5.41, 5.74) is 10.4. The predicted molar refractivity (Wildman–Crippen MR) is 84.6 cm³/mol. The Bertz CT molecular complexity index is 745. The van der Waals surface area contributed by atoms with E-state index in [1.807, 2.05) is 44.4 Å². The highest BCUT2D eigenvalue weighted by Crippen LogP contribution is 2.22. The average Bonchev–Trinajstić information content (AvgIpc) is 2.80. The lowest BCUT2D eigenvalue weighted by Gasteiger charge is -2.13. The van der Waals surface area contributed by atoms with Crippen LogP contribution in [0.3, 0.4) is 0 Å². The highest BCUT2D eigenvalue weighted by atomic mass is 15.1. The number of H-pyrrole nitrogens is 1. The van der Waals surface area contributed by atoms with Gasteiger partial charge in [-0.25, -0.2) is 4.98 Å². The molecule has 0 aliphatic carbocycles. The normalized spacial score (nSPS) is 10.7. The van der Waals surface area contributed by atoms with Gasteiger partial charge in [-0.1, -0.05) is 6.07 Å². The van der Waals surface area contributed by atoms with Crippen LogP contribution in [0, 0.1) is 0 Å². The van der Waals surface area contributed by atoms with Crippen molar-refractivity contribution in [2.45, 2.75) is 0 Å². The molecule has 0 saturated carbocycles. The number of rotatable bonds is 3. The summed E-state index contributed by atoms with van der Waals surface area (Å²) in [4.78, 5) is 9.77. The molecular formula is C15H17N5. The SMILES string of the molecule is CN(C)c1cccc(Nc2nc3ccc(N)cc3[nH]2)c1. The number of nitrogens with zero attached hydrogens (tertiary/aromatic N) is 2. The van der Waals surface area contributed by atoms with Gasteiger partial charge < -0.3 is 20.9 Å². The van der Waals surface area contributed by atoms with Gasteiger partial charge in [0.15, 0.2) is 0 Å². The molecule has 5 nitrogen and oxygen atoms in total. The van der Waals surface area contributed by atoms with Crippen LogP contribution in [-0.4, -0.2) is 24.1 Å². The Labute approximate surface area is 117 Å². The zero-order valence-corrected chi connectivity index (χ0v) is 11.5. The number of benzene rings is 2. The van der Waals surface area contributed by atoms with Crippen molar-refractivity contribution in [3.63, 3.8) is 0 Å². The number of nitrogens with one attached hydrogen (secondary N) is 2. The van der Waals surface area contributed by atoms with Crippen LogP contribution in [0.15, 0.2) is 42.5 Å². The lowest BCUT2D eigenvalue weighted by atomic mass is 10.2. The molecule has 0 amide bonds. The van der Waals surface area contributed by atoms with Crippen molar-refractivity contribution in [2.75, 3.05) is 30.0 Å². The summed E-state index contributed by atoms with van der Waals surface area (Å²) in [6.45, 7) is 0. The van der Waals surface area contributed by atoms with Crippen LogP contribution in [-0.2, 0) is 0 Å². The molecule has 0 bridgehead atoms. The lowest BCUT2D eigenvalue weighted by molar-refractivity contribution is 1.13. The van der Waals surface area contributed by atoms with Gasteiger partial charge in [0.2, 0.25) is 5.95 Å². The Kier molecular flexibility index (Phi) is 2.95. The van der Waals surface area contributed by atoms with Crippen molar-refractivity contribution in [3.8, 4) is 0 Å². The van der Waals surface area contributed by atoms with E-state index < -0.39 is 0 Å². The maximum absolute atomic E-state index is 5.77. The standard InChI is InChI=1S/C15H17N5/c1-20(2)12-5-3-4-11(9-12)17-15-18-13-7-6-10(16)8-14(13)19-15/h3-9H,16H2,1-2H3,(H2,17,18,19). The van der Waals surface area contributed by atoms with Crippen LogP contribution in [0.4, 0.5) is 23.0 Å². The van der Waals surface area contributed by atoms with Crippen molar-refractivity contribution >= 4 is 34.0 Å². The number of anilines is 4. The number of fused-ring (bicyclic) bond motifs is 1. The van der Waals surface area contributed by atoms with E-state index in [1.54, 1.807) is 0 Å². The summed E-state index contributed by atoms with van der Waals surface area (Å²) in [7, 11) is 4.03. The van der Waals surface area contributed by atoms with E-state index in [9.17, 15) is 0 Å². The van der Waals surface area contributed by atoms with Crippen LogP contribution < -0.4 is 16.0 Å². The summed E-state index contributed by atoms with van der Waals surface area (Å²) >= 11 is 0. The van der Waals surface area contributed by atoms with Gasteiger partial charge in [0.25, 0.3) is 0 Å². The maximum atomic E-state index is 5.77. The van der Waals surface area contributed by atoms with Gasteiger partial charge in [0, 0.05) is 31.2 Å². The molecule has 5 heteroatoms. The molecular weight excluding hydrogens is 250 g/mol. The van der Waals surface area contributed by atoms with Crippen molar-refractivity contribution in [1.29, 1.82) is 0 Å². The summed E-state index contributed by atoms with van der Waals surface area (Å²) in [6.07, 6.45) is 0. The van der Waals surface area contributed by atoms with E-state index >= 15 is 0 Å². The number of nitrogens with two attached hydrogens (primary N) is 1. The number of aromatic nitrogens is 2. The highest BCUT2D eigenvalue weighted by molar-refractivity contribution is 5.81. The molecule has 3 rings (SSSR count). The number of imidazole rings is 1. The van der Waals surface area contributed by atoms with Crippen molar-refractivity contribution in [2.24, 2.45) is 0 Å². The van der Waals surface area contributed by atoms with Gasteiger partial charge in [-0.05, 0) is 36.4 Å². The molecule has 3 aromatic rings. The zero-order valence-electron chi connectivity index (χ0n) is 11.5. The van der Waals surface area contributed by atoms with Crippen molar-refractivity contribution < 1.29 is 0 Å². The first kappa shape index (κ1) is 12.3. The number of aromatic amines is 1. The Hall–Kier alpha value is -2.69. The van der Waals surface area contributed by atoms with Crippen molar-refractivity contribution in [1.82, 2.24) is 9.97 Å². The Morgan fingerprint density at radius 2 is 2.00 bits per heavy atom. The minimum atomic E-state index is 0.710. The molecule has 0 spiro atoms. The van der Waals surface area contributed by atoms with Crippen LogP contribution in [0.2, 0.25) is 0 Å². The molecule has 20 heavy (non-hydrogen) atoms. The largest absolute Gasteiger partial charge is 0.399 e. The monoisotopic (exact) mass is 267 g/mol. The molecule has 1 heterocycles. The first-order chi connectivity index (χ1) is 9.61. The van der Waals surface area contributed by atoms with E-state index in [2.05, 4.69) is 32.3 Å². The maximum Gasteiger partial charge on any atom is 0.205 e. The van der Waals surface area contributed by atoms with Crippen molar-refractivity contribution in [3.05, 3.63) is 42.5 Å². The quantitative estimate of drug-likeness (QED) is 0.638. The van der Waals surface area contributed by atoms with E-state index in [-0.39, 0.29) is 0 Å². The second-order valence-corrected chi connectivity index (χ2v) is 4.93. The summed E-state index contributed by atoms with van der Waals surface area (Å²) in [6, 6.07) is 13.8. The minimum absolute atomic E-state index is 0.710. The first-order valence-corrected chi connectivity index (χ1v) is 6.41. The molecule has 2 aromatic carbocycles. The fraction of sp³-hybridized carbons (Fsp3) is 0.133. The molecule has 102 valence electrons. The molecule has 1 aromatic heterocycles. The number of hydrogen-bond donors (Lipinski definition) is 3. The smallest absolute Gasteiger partial charge is 0.205 e. The van der Waals surface area contributed by atoms with E-state index in [0.717, 1.165) is 28.1 Å². The van der Waals surface area contributed by atoms with Crippen LogP contribution in [0.1, 0.15) is 0 Å². The van der Waals surface area contributed by atoms with Gasteiger partial charge >= 0.3 is 0 Å². The first-order valence-electron chi connectivity index (χ1n) is 6.41. The fourth-order valence-electron chi connectivity index (χ4n) is 2.08. The summed E-state index contributed by atoms with van der Waals surface area (Å²) in [5.74, 6) is 0.710. The molecule has 0 atom stereocenters. The van der Waals surface area contributed by atoms with Gasteiger partial charge in [-0.15, -0.1) is 0 Å². The minimum Gasteiger partial charge on any atom is -0.399 e. The summed E-state index contributed by atoms with van der Waals surface area (Å²) < 4.78 is 0. The van der Waals surface area contributed by atoms with E-state index in [1.165, 1.54) is 0 Å². The van der Waals surface area contributed by atoms with Crippen LogP contribution >= 0.6 is 0 Å². The number of nitrogen functional groups attached to an aromatic ring is 1.